The Labute approximate surface area is 284 Å². The van der Waals surface area contributed by atoms with E-state index in [1.165, 1.54) is 12.1 Å². The Kier molecular flexibility index (Phi) is 8.58. The van der Waals surface area contributed by atoms with E-state index in [2.05, 4.69) is 28.8 Å². The molecule has 11 heteroatoms. The average molecular weight is 680 g/mol. The zero-order valence-corrected chi connectivity index (χ0v) is 26.9. The molecule has 7 rings (SSSR count). The number of carboxylic acid groups (broad SMARTS) is 2. The molecule has 0 fully saturated rings. The van der Waals surface area contributed by atoms with Gasteiger partial charge in [0.25, 0.3) is 5.01 Å². The van der Waals surface area contributed by atoms with Gasteiger partial charge in [-0.2, -0.15) is 4.57 Å². The summed E-state index contributed by atoms with van der Waals surface area (Å²) >= 11 is 8.00. The van der Waals surface area contributed by atoms with Crippen LogP contribution >= 0.6 is 22.9 Å². The number of hydrogen-bond donors (Lipinski definition) is 2. The summed E-state index contributed by atoms with van der Waals surface area (Å²) in [6.07, 6.45) is 1.96. The molecule has 1 aliphatic rings. The van der Waals surface area contributed by atoms with Gasteiger partial charge in [-0.25, -0.2) is 9.59 Å². The van der Waals surface area contributed by atoms with Crippen molar-refractivity contribution in [2.45, 2.75) is 6.54 Å². The van der Waals surface area contributed by atoms with Crippen molar-refractivity contribution in [1.29, 1.82) is 0 Å². The zero-order valence-electron chi connectivity index (χ0n) is 25.3. The quantitative estimate of drug-likeness (QED) is 0.134. The molecule has 48 heavy (non-hydrogen) atoms. The number of anilines is 1. The lowest BCUT2D eigenvalue weighted by Crippen LogP contribution is -2.38. The summed E-state index contributed by atoms with van der Waals surface area (Å²) in [5, 5.41) is 22.8. The number of aromatic carboxylic acids is 2. The summed E-state index contributed by atoms with van der Waals surface area (Å²) in [5.74, 6) is -0.362. The molecule has 0 aliphatic carbocycles. The van der Waals surface area contributed by atoms with Gasteiger partial charge < -0.3 is 29.3 Å². The van der Waals surface area contributed by atoms with Gasteiger partial charge in [0.15, 0.2) is 12.3 Å². The first-order valence-corrected chi connectivity index (χ1v) is 16.3. The summed E-state index contributed by atoms with van der Waals surface area (Å²) in [5.41, 5.74) is 1.97. The molecule has 0 atom stereocenters. The molecule has 1 aliphatic heterocycles. The van der Waals surface area contributed by atoms with Crippen molar-refractivity contribution >= 4 is 67.6 Å². The fraction of sp³-hybridized carbons (Fsp3) is 0.108. The van der Waals surface area contributed by atoms with E-state index in [0.29, 0.717) is 35.5 Å². The van der Waals surface area contributed by atoms with Gasteiger partial charge >= 0.3 is 11.9 Å². The Hall–Kier alpha value is -5.58. The van der Waals surface area contributed by atoms with Gasteiger partial charge in [0.2, 0.25) is 11.4 Å². The van der Waals surface area contributed by atoms with Gasteiger partial charge in [-0.1, -0.05) is 71.5 Å². The Bertz CT molecular complexity index is 2230. The number of aromatic nitrogens is 1. The van der Waals surface area contributed by atoms with Crippen LogP contribution in [-0.2, 0) is 6.54 Å². The highest BCUT2D eigenvalue weighted by Crippen LogP contribution is 2.41. The van der Waals surface area contributed by atoms with Crippen LogP contribution in [0.2, 0.25) is 5.02 Å². The minimum atomic E-state index is -1.06. The Morgan fingerprint density at radius 3 is 2.23 bits per heavy atom. The molecule has 6 aromatic rings. The number of hydrogen-bond acceptors (Lipinski definition) is 7. The molecule has 240 valence electrons. The minimum Gasteiger partial charge on any atom is -0.491 e. The van der Waals surface area contributed by atoms with Crippen molar-refractivity contribution in [3.8, 4) is 17.2 Å². The molecule has 2 heterocycles. The van der Waals surface area contributed by atoms with Crippen LogP contribution in [0.15, 0.2) is 109 Å². The fourth-order valence-electron chi connectivity index (χ4n) is 5.75. The second kappa shape index (κ2) is 13.3. The number of rotatable bonds is 11. The van der Waals surface area contributed by atoms with E-state index in [0.717, 1.165) is 31.7 Å². The van der Waals surface area contributed by atoms with Crippen LogP contribution in [0.1, 0.15) is 25.7 Å². The molecule has 9 nitrogen and oxygen atoms in total. The fourth-order valence-corrected chi connectivity index (χ4v) is 7.05. The number of ether oxygens (including phenoxy) is 3. The minimum absolute atomic E-state index is 0.0844. The van der Waals surface area contributed by atoms with Gasteiger partial charge in [-0.3, -0.25) is 0 Å². The molecule has 1 aromatic heterocycles. The number of carbonyl (C=O) groups is 2. The van der Waals surface area contributed by atoms with Crippen LogP contribution in [0, 0.1) is 0 Å². The average Bonchev–Trinajstić information content (AvgIpc) is 3.62. The Balaban J connectivity index is 1.25. The monoisotopic (exact) mass is 679 g/mol. The summed E-state index contributed by atoms with van der Waals surface area (Å²) in [6, 6.07) is 30.9. The molecule has 0 spiro atoms. The number of benzene rings is 5. The van der Waals surface area contributed by atoms with E-state index >= 15 is 0 Å². The van der Waals surface area contributed by atoms with E-state index in [4.69, 9.17) is 25.8 Å². The lowest BCUT2D eigenvalue weighted by molar-refractivity contribution is -0.668. The molecule has 0 amide bonds. The number of nitrogens with zero attached hydrogens (tertiary/aromatic N) is 2. The van der Waals surface area contributed by atoms with E-state index in [-0.39, 0.29) is 30.1 Å². The topological polar surface area (TPSA) is 109 Å². The van der Waals surface area contributed by atoms with Crippen LogP contribution in [0.4, 0.5) is 5.69 Å². The molecule has 0 radical (unpaired) electrons. The van der Waals surface area contributed by atoms with E-state index < -0.39 is 11.9 Å². The largest absolute Gasteiger partial charge is 0.491 e. The van der Waals surface area contributed by atoms with Crippen molar-refractivity contribution in [1.82, 2.24) is 0 Å². The van der Waals surface area contributed by atoms with Crippen molar-refractivity contribution in [3.63, 3.8) is 0 Å². The molecule has 0 unspecified atom stereocenters. The molecular formula is C37H28ClN2O7S+. The zero-order chi connectivity index (χ0) is 33.2. The van der Waals surface area contributed by atoms with Crippen LogP contribution < -0.4 is 23.7 Å². The van der Waals surface area contributed by atoms with Crippen LogP contribution in [0.3, 0.4) is 0 Å². The van der Waals surface area contributed by atoms with Crippen LogP contribution in [0.25, 0.3) is 27.1 Å². The molecule has 0 saturated heterocycles. The van der Waals surface area contributed by atoms with Crippen LogP contribution in [0.5, 0.6) is 17.2 Å². The van der Waals surface area contributed by atoms with Crippen LogP contribution in [-0.4, -0.2) is 41.9 Å². The Morgan fingerprint density at radius 1 is 0.833 bits per heavy atom. The summed E-state index contributed by atoms with van der Waals surface area (Å²) < 4.78 is 21.6. The number of halogens is 1. The highest BCUT2D eigenvalue weighted by Gasteiger charge is 2.30. The van der Waals surface area contributed by atoms with Gasteiger partial charge in [0.05, 0.1) is 23.7 Å². The number of carboxylic acids is 2. The molecular weight excluding hydrogens is 652 g/mol. The maximum atomic E-state index is 11.8. The van der Waals surface area contributed by atoms with Gasteiger partial charge in [0, 0.05) is 5.02 Å². The molecule has 0 saturated carbocycles. The summed E-state index contributed by atoms with van der Waals surface area (Å²) in [4.78, 5) is 25.4. The SMILES string of the molecule is O=C(O)c1ccccc1OCCN1C(=Cc2sc3ccc4ccccc4c3[n+]2CCOc2ccccc2C(=O)O)Oc2ccc(Cl)cc21. The van der Waals surface area contributed by atoms with Gasteiger partial charge in [0.1, 0.15) is 40.5 Å². The third-order valence-electron chi connectivity index (χ3n) is 7.93. The Morgan fingerprint density at radius 2 is 1.50 bits per heavy atom. The van der Waals surface area contributed by atoms with Gasteiger partial charge in [-0.05, 0) is 60.0 Å². The second-order valence-electron chi connectivity index (χ2n) is 10.9. The standard InChI is InChI=1S/C37H27ClN2O7S/c38-24-14-15-31-28(21-24)39(17-19-45-29-11-5-3-9-26(29)36(41)42)33(47-31)22-34-40(18-20-46-30-12-6-4-10-27(30)37(43)44)35-25-8-2-1-7-23(25)13-16-32(35)48-34/h1-16,21-22H,17-20H2,(H-,41,42,43,44)/p+1. The highest BCUT2D eigenvalue weighted by atomic mass is 35.5. The first-order chi connectivity index (χ1) is 23.4. The van der Waals surface area contributed by atoms with Crippen molar-refractivity contribution in [3.05, 3.63) is 130 Å². The summed E-state index contributed by atoms with van der Waals surface area (Å²) in [6.45, 7) is 1.16. The number of thiazole rings is 1. The first-order valence-electron chi connectivity index (χ1n) is 15.1. The first kappa shape index (κ1) is 31.0. The highest BCUT2D eigenvalue weighted by molar-refractivity contribution is 7.19. The van der Waals surface area contributed by atoms with E-state index in [9.17, 15) is 19.8 Å². The van der Waals surface area contributed by atoms with Crippen molar-refractivity contribution < 1.29 is 38.6 Å². The van der Waals surface area contributed by atoms with Crippen molar-refractivity contribution in [2.75, 3.05) is 24.7 Å². The van der Waals surface area contributed by atoms with Crippen molar-refractivity contribution in [2.24, 2.45) is 0 Å². The summed E-state index contributed by atoms with van der Waals surface area (Å²) in [7, 11) is 0. The number of fused-ring (bicyclic) bond motifs is 4. The van der Waals surface area contributed by atoms with E-state index in [1.54, 1.807) is 53.8 Å². The maximum absolute atomic E-state index is 11.8. The molecule has 5 aromatic carbocycles. The third kappa shape index (κ3) is 6.11. The third-order valence-corrected chi connectivity index (χ3v) is 9.27. The van der Waals surface area contributed by atoms with Gasteiger partial charge in [-0.15, -0.1) is 0 Å². The predicted molar refractivity (Wildman–Crippen MR) is 185 cm³/mol. The van der Waals surface area contributed by atoms with E-state index in [1.807, 2.05) is 35.2 Å². The lowest BCUT2D eigenvalue weighted by Gasteiger charge is -2.19. The normalized spacial score (nSPS) is 13.1. The smallest absolute Gasteiger partial charge is 0.339 e. The molecule has 2 N–H and O–H groups in total. The number of para-hydroxylation sites is 2. The predicted octanol–water partition coefficient (Wildman–Crippen LogP) is 7.75. The second-order valence-corrected chi connectivity index (χ2v) is 12.4. The lowest BCUT2D eigenvalue weighted by atomic mass is 10.1. The molecule has 0 bridgehead atoms. The maximum Gasteiger partial charge on any atom is 0.339 e.